The average Bonchev–Trinajstić information content (AvgIpc) is 2.76. The molecule has 1 heterocycles. The van der Waals surface area contributed by atoms with Gasteiger partial charge >= 0.3 is 0 Å². The van der Waals surface area contributed by atoms with Crippen molar-refractivity contribution < 1.29 is 0 Å². The van der Waals surface area contributed by atoms with E-state index in [9.17, 15) is 0 Å². The van der Waals surface area contributed by atoms with Crippen LogP contribution in [0.15, 0.2) is 12.4 Å². The van der Waals surface area contributed by atoms with Crippen molar-refractivity contribution in [2.75, 3.05) is 0 Å². The third-order valence-electron chi connectivity index (χ3n) is 3.28. The topological polar surface area (TPSA) is 43.8 Å². The first kappa shape index (κ1) is 9.71. The van der Waals surface area contributed by atoms with E-state index in [2.05, 4.69) is 23.4 Å². The molecule has 0 radical (unpaired) electrons. The van der Waals surface area contributed by atoms with Crippen LogP contribution in [0.5, 0.6) is 0 Å². The molecule has 2 N–H and O–H groups in total. The van der Waals surface area contributed by atoms with E-state index in [0.717, 1.165) is 18.8 Å². The number of aromatic nitrogens is 2. The molecule has 14 heavy (non-hydrogen) atoms. The molecule has 1 aromatic rings. The molecule has 1 saturated carbocycles. The highest BCUT2D eigenvalue weighted by molar-refractivity contribution is 5.09. The molecule has 0 saturated heterocycles. The van der Waals surface area contributed by atoms with E-state index in [1.54, 1.807) is 0 Å². The summed E-state index contributed by atoms with van der Waals surface area (Å²) in [5, 5.41) is 0. The van der Waals surface area contributed by atoms with Crippen LogP contribution in [-0.4, -0.2) is 9.55 Å². The Morgan fingerprint density at radius 3 is 2.93 bits per heavy atom. The molecule has 78 valence electrons. The van der Waals surface area contributed by atoms with Crippen LogP contribution in [0.3, 0.4) is 0 Å². The Balaban J connectivity index is 2.18. The standard InChI is InChI=1S/C11H19N3/c1-3-7-14-8-6-13-10(14)9(12)11(2)4-5-11/h6,8-9H,3-5,7,12H2,1-2H3. The quantitative estimate of drug-likeness (QED) is 0.795. The predicted octanol–water partition coefficient (Wildman–Crippen LogP) is 2.09. The van der Waals surface area contributed by atoms with Gasteiger partial charge in [-0.05, 0) is 24.7 Å². The molecule has 1 aliphatic carbocycles. The molecule has 2 rings (SSSR count). The van der Waals surface area contributed by atoms with Crippen molar-refractivity contribution in [3.8, 4) is 0 Å². The second-order valence-electron chi connectivity index (χ2n) is 4.61. The molecule has 1 aliphatic rings. The zero-order valence-corrected chi connectivity index (χ0v) is 9.03. The van der Waals surface area contributed by atoms with Crippen molar-refractivity contribution in [2.45, 2.75) is 45.7 Å². The fourth-order valence-corrected chi connectivity index (χ4v) is 1.85. The minimum absolute atomic E-state index is 0.115. The van der Waals surface area contributed by atoms with Crippen LogP contribution >= 0.6 is 0 Å². The molecule has 1 unspecified atom stereocenters. The summed E-state index contributed by atoms with van der Waals surface area (Å²) in [5.41, 5.74) is 6.54. The molecule has 3 nitrogen and oxygen atoms in total. The largest absolute Gasteiger partial charge is 0.334 e. The highest BCUT2D eigenvalue weighted by Crippen LogP contribution is 2.52. The molecular weight excluding hydrogens is 174 g/mol. The maximum atomic E-state index is 6.23. The second-order valence-corrected chi connectivity index (χ2v) is 4.61. The summed E-state index contributed by atoms with van der Waals surface area (Å²) in [6.45, 7) is 5.45. The van der Waals surface area contributed by atoms with Crippen LogP contribution in [0.2, 0.25) is 0 Å². The summed E-state index contributed by atoms with van der Waals surface area (Å²) < 4.78 is 2.19. The number of hydrogen-bond donors (Lipinski definition) is 1. The summed E-state index contributed by atoms with van der Waals surface area (Å²) >= 11 is 0. The summed E-state index contributed by atoms with van der Waals surface area (Å²) in [4.78, 5) is 4.38. The number of hydrogen-bond acceptors (Lipinski definition) is 2. The van der Waals surface area contributed by atoms with Crippen LogP contribution in [0.4, 0.5) is 0 Å². The summed E-state index contributed by atoms with van der Waals surface area (Å²) in [5.74, 6) is 1.06. The zero-order chi connectivity index (χ0) is 10.2. The van der Waals surface area contributed by atoms with Gasteiger partial charge in [-0.1, -0.05) is 13.8 Å². The van der Waals surface area contributed by atoms with Crippen molar-refractivity contribution in [2.24, 2.45) is 11.1 Å². The van der Waals surface area contributed by atoms with Gasteiger partial charge in [0.15, 0.2) is 0 Å². The lowest BCUT2D eigenvalue weighted by atomic mass is 9.99. The Hall–Kier alpha value is -0.830. The van der Waals surface area contributed by atoms with Gasteiger partial charge in [0.1, 0.15) is 5.82 Å². The maximum Gasteiger partial charge on any atom is 0.126 e. The lowest BCUT2D eigenvalue weighted by molar-refractivity contribution is 0.413. The van der Waals surface area contributed by atoms with Gasteiger partial charge in [0, 0.05) is 18.9 Å². The third kappa shape index (κ3) is 1.57. The Bertz CT molecular complexity index is 312. The Morgan fingerprint density at radius 1 is 1.64 bits per heavy atom. The fourth-order valence-electron chi connectivity index (χ4n) is 1.85. The fraction of sp³-hybridized carbons (Fsp3) is 0.727. The lowest BCUT2D eigenvalue weighted by Crippen LogP contribution is -2.24. The first-order valence-corrected chi connectivity index (χ1v) is 5.44. The van der Waals surface area contributed by atoms with Gasteiger partial charge in [0.2, 0.25) is 0 Å². The van der Waals surface area contributed by atoms with E-state index in [1.165, 1.54) is 12.8 Å². The predicted molar refractivity (Wildman–Crippen MR) is 56.8 cm³/mol. The van der Waals surface area contributed by atoms with Crippen LogP contribution < -0.4 is 5.73 Å². The average molecular weight is 193 g/mol. The molecule has 0 bridgehead atoms. The minimum atomic E-state index is 0.115. The van der Waals surface area contributed by atoms with Gasteiger partial charge in [-0.25, -0.2) is 4.98 Å². The third-order valence-corrected chi connectivity index (χ3v) is 3.28. The minimum Gasteiger partial charge on any atom is -0.334 e. The van der Waals surface area contributed by atoms with E-state index < -0.39 is 0 Å². The van der Waals surface area contributed by atoms with Crippen molar-refractivity contribution in [1.29, 1.82) is 0 Å². The number of aryl methyl sites for hydroxylation is 1. The van der Waals surface area contributed by atoms with E-state index in [0.29, 0.717) is 5.41 Å². The number of nitrogens with zero attached hydrogens (tertiary/aromatic N) is 2. The van der Waals surface area contributed by atoms with E-state index in [1.807, 2.05) is 12.4 Å². The highest BCUT2D eigenvalue weighted by Gasteiger charge is 2.45. The maximum absolute atomic E-state index is 6.23. The molecule has 1 atom stereocenters. The van der Waals surface area contributed by atoms with Gasteiger partial charge in [-0.3, -0.25) is 0 Å². The van der Waals surface area contributed by atoms with Gasteiger partial charge in [0.25, 0.3) is 0 Å². The monoisotopic (exact) mass is 193 g/mol. The van der Waals surface area contributed by atoms with Crippen molar-refractivity contribution >= 4 is 0 Å². The molecule has 0 amide bonds. The highest BCUT2D eigenvalue weighted by atomic mass is 15.1. The first-order valence-electron chi connectivity index (χ1n) is 5.44. The molecule has 3 heteroatoms. The summed E-state index contributed by atoms with van der Waals surface area (Å²) in [6, 6.07) is 0.115. The van der Waals surface area contributed by atoms with Gasteiger partial charge in [-0.15, -0.1) is 0 Å². The van der Waals surface area contributed by atoms with Crippen LogP contribution in [0.25, 0.3) is 0 Å². The SMILES string of the molecule is CCCn1ccnc1C(N)C1(C)CC1. The Morgan fingerprint density at radius 2 is 2.36 bits per heavy atom. The summed E-state index contributed by atoms with van der Waals surface area (Å²) in [6.07, 6.45) is 7.51. The molecule has 0 spiro atoms. The van der Waals surface area contributed by atoms with Crippen LogP contribution in [0.1, 0.15) is 45.0 Å². The number of nitrogens with two attached hydrogens (primary N) is 1. The zero-order valence-electron chi connectivity index (χ0n) is 9.03. The van der Waals surface area contributed by atoms with Crippen LogP contribution in [0, 0.1) is 5.41 Å². The molecule has 0 aromatic carbocycles. The molecule has 1 fully saturated rings. The van der Waals surface area contributed by atoms with Gasteiger partial charge < -0.3 is 10.3 Å². The lowest BCUT2D eigenvalue weighted by Gasteiger charge is -2.19. The van der Waals surface area contributed by atoms with Crippen molar-refractivity contribution in [1.82, 2.24) is 9.55 Å². The van der Waals surface area contributed by atoms with Crippen molar-refractivity contribution in [3.05, 3.63) is 18.2 Å². The van der Waals surface area contributed by atoms with Gasteiger partial charge in [-0.2, -0.15) is 0 Å². The molecular formula is C11H19N3. The molecule has 1 aromatic heterocycles. The van der Waals surface area contributed by atoms with Crippen LogP contribution in [-0.2, 0) is 6.54 Å². The molecule has 0 aliphatic heterocycles. The van der Waals surface area contributed by atoms with E-state index >= 15 is 0 Å². The van der Waals surface area contributed by atoms with Crippen molar-refractivity contribution in [3.63, 3.8) is 0 Å². The number of imidazole rings is 1. The first-order chi connectivity index (χ1) is 6.67. The Kier molecular flexibility index (Phi) is 2.35. The number of rotatable bonds is 4. The van der Waals surface area contributed by atoms with E-state index in [4.69, 9.17) is 5.73 Å². The second kappa shape index (κ2) is 3.39. The Labute approximate surface area is 85.3 Å². The normalized spacial score (nSPS) is 20.8. The van der Waals surface area contributed by atoms with Gasteiger partial charge in [0.05, 0.1) is 6.04 Å². The summed E-state index contributed by atoms with van der Waals surface area (Å²) in [7, 11) is 0. The van der Waals surface area contributed by atoms with E-state index in [-0.39, 0.29) is 6.04 Å². The smallest absolute Gasteiger partial charge is 0.126 e.